The largest absolute Gasteiger partial charge is 0.352 e. The monoisotopic (exact) mass is 589 g/mol. The Kier molecular flexibility index (Phi) is 10.4. The van der Waals surface area contributed by atoms with Crippen molar-refractivity contribution in [3.63, 3.8) is 0 Å². The van der Waals surface area contributed by atoms with E-state index in [1.807, 2.05) is 44.2 Å². The lowest BCUT2D eigenvalue weighted by Gasteiger charge is -2.34. The molecular formula is C29H33Cl2N3O4S. The summed E-state index contributed by atoms with van der Waals surface area (Å²) in [7, 11) is -3.89. The number of hydrogen-bond acceptors (Lipinski definition) is 4. The molecule has 0 aliphatic rings. The van der Waals surface area contributed by atoms with E-state index in [2.05, 4.69) is 5.32 Å². The summed E-state index contributed by atoms with van der Waals surface area (Å²) >= 11 is 12.7. The SMILES string of the molecule is Cc1c(Cl)cccc1N(CC(=O)N(Cc1ccccc1Cl)[C@H](Cc1ccccc1)C(=O)NC(C)C)S(C)(=O)=O. The molecule has 0 bridgehead atoms. The van der Waals surface area contributed by atoms with Gasteiger partial charge in [-0.1, -0.05) is 77.8 Å². The first kappa shape index (κ1) is 30.5. The first-order valence-corrected chi connectivity index (χ1v) is 15.1. The summed E-state index contributed by atoms with van der Waals surface area (Å²) in [6, 6.07) is 20.2. The number of carbonyl (C=O) groups excluding carboxylic acids is 2. The number of benzene rings is 3. The third-order valence-corrected chi connectivity index (χ3v) is 8.09. The summed E-state index contributed by atoms with van der Waals surface area (Å²) in [5.74, 6) is -0.904. The summed E-state index contributed by atoms with van der Waals surface area (Å²) in [6.07, 6.45) is 1.26. The number of nitrogens with one attached hydrogen (secondary N) is 1. The van der Waals surface area contributed by atoms with E-state index in [0.717, 1.165) is 16.1 Å². The molecule has 0 radical (unpaired) electrons. The van der Waals surface area contributed by atoms with Gasteiger partial charge in [-0.25, -0.2) is 8.42 Å². The Morgan fingerprint density at radius 3 is 2.13 bits per heavy atom. The van der Waals surface area contributed by atoms with Gasteiger partial charge >= 0.3 is 0 Å². The van der Waals surface area contributed by atoms with Crippen molar-refractivity contribution in [3.8, 4) is 0 Å². The molecule has 10 heteroatoms. The summed E-state index contributed by atoms with van der Waals surface area (Å²) in [4.78, 5) is 29.0. The minimum atomic E-state index is -3.89. The third kappa shape index (κ3) is 8.21. The first-order chi connectivity index (χ1) is 18.4. The van der Waals surface area contributed by atoms with Crippen molar-refractivity contribution >= 4 is 50.7 Å². The number of nitrogens with zero attached hydrogens (tertiary/aromatic N) is 2. The smallest absolute Gasteiger partial charge is 0.244 e. The van der Waals surface area contributed by atoms with E-state index in [9.17, 15) is 18.0 Å². The van der Waals surface area contributed by atoms with Crippen molar-refractivity contribution in [2.75, 3.05) is 17.1 Å². The van der Waals surface area contributed by atoms with Crippen molar-refractivity contribution in [1.82, 2.24) is 10.2 Å². The van der Waals surface area contributed by atoms with E-state index in [-0.39, 0.29) is 24.9 Å². The Labute approximate surface area is 240 Å². The fraction of sp³-hybridized carbons (Fsp3) is 0.310. The lowest BCUT2D eigenvalue weighted by Crippen LogP contribution is -2.54. The number of halogens is 2. The van der Waals surface area contributed by atoms with Crippen LogP contribution in [-0.2, 0) is 32.6 Å². The maximum Gasteiger partial charge on any atom is 0.244 e. The minimum absolute atomic E-state index is 0.00759. The Hall–Kier alpha value is -3.07. The number of rotatable bonds is 11. The molecule has 1 N–H and O–H groups in total. The summed E-state index contributed by atoms with van der Waals surface area (Å²) in [5.41, 5.74) is 2.30. The fourth-order valence-corrected chi connectivity index (χ4v) is 5.47. The Morgan fingerprint density at radius 2 is 1.51 bits per heavy atom. The molecule has 3 aromatic carbocycles. The molecule has 2 amide bonds. The van der Waals surface area contributed by atoms with Crippen LogP contribution in [0.3, 0.4) is 0 Å². The van der Waals surface area contributed by atoms with E-state index >= 15 is 0 Å². The van der Waals surface area contributed by atoms with Crippen molar-refractivity contribution in [2.24, 2.45) is 0 Å². The first-order valence-electron chi connectivity index (χ1n) is 12.5. The van der Waals surface area contributed by atoms with Crippen LogP contribution in [-0.4, -0.2) is 50.0 Å². The molecule has 0 aromatic heterocycles. The van der Waals surface area contributed by atoms with E-state index < -0.39 is 28.5 Å². The summed E-state index contributed by atoms with van der Waals surface area (Å²) < 4.78 is 26.9. The molecule has 0 aliphatic carbocycles. The maximum atomic E-state index is 14.1. The van der Waals surface area contributed by atoms with E-state index in [1.165, 1.54) is 4.90 Å². The second-order valence-electron chi connectivity index (χ2n) is 9.64. The van der Waals surface area contributed by atoms with Crippen LogP contribution in [0.1, 0.15) is 30.5 Å². The molecule has 208 valence electrons. The number of amides is 2. The highest BCUT2D eigenvalue weighted by atomic mass is 35.5. The second-order valence-corrected chi connectivity index (χ2v) is 12.4. The third-order valence-electron chi connectivity index (χ3n) is 6.19. The number of sulfonamides is 1. The zero-order chi connectivity index (χ0) is 28.7. The van der Waals surface area contributed by atoms with Crippen LogP contribution in [0.25, 0.3) is 0 Å². The van der Waals surface area contributed by atoms with Gasteiger partial charge in [0.2, 0.25) is 21.8 Å². The van der Waals surface area contributed by atoms with Gasteiger partial charge in [0.1, 0.15) is 12.6 Å². The van der Waals surface area contributed by atoms with E-state index in [1.54, 1.807) is 49.4 Å². The Morgan fingerprint density at radius 1 is 0.897 bits per heavy atom. The number of anilines is 1. The highest BCUT2D eigenvalue weighted by Crippen LogP contribution is 2.29. The molecule has 0 unspecified atom stereocenters. The van der Waals surface area contributed by atoms with E-state index in [4.69, 9.17) is 23.2 Å². The average molecular weight is 591 g/mol. The van der Waals surface area contributed by atoms with Gasteiger partial charge in [-0.3, -0.25) is 13.9 Å². The van der Waals surface area contributed by atoms with Crippen LogP contribution >= 0.6 is 23.2 Å². The highest BCUT2D eigenvalue weighted by Gasteiger charge is 2.34. The second kappa shape index (κ2) is 13.3. The Balaban J connectivity index is 2.09. The minimum Gasteiger partial charge on any atom is -0.352 e. The molecule has 0 spiro atoms. The molecule has 39 heavy (non-hydrogen) atoms. The quantitative estimate of drug-likeness (QED) is 0.331. The van der Waals surface area contributed by atoms with Gasteiger partial charge in [0.05, 0.1) is 11.9 Å². The van der Waals surface area contributed by atoms with Gasteiger partial charge in [-0.05, 0) is 55.7 Å². The molecule has 0 aliphatic heterocycles. The van der Waals surface area contributed by atoms with Crippen LogP contribution in [0.2, 0.25) is 10.0 Å². The van der Waals surface area contributed by atoms with Crippen molar-refractivity contribution < 1.29 is 18.0 Å². The fourth-order valence-electron chi connectivity index (χ4n) is 4.21. The topological polar surface area (TPSA) is 86.8 Å². The maximum absolute atomic E-state index is 14.1. The molecule has 3 rings (SSSR count). The molecule has 7 nitrogen and oxygen atoms in total. The molecular weight excluding hydrogens is 557 g/mol. The van der Waals surface area contributed by atoms with Gasteiger partial charge < -0.3 is 10.2 Å². The van der Waals surface area contributed by atoms with Crippen molar-refractivity contribution in [3.05, 3.63) is 99.5 Å². The predicted octanol–water partition coefficient (Wildman–Crippen LogP) is 5.23. The summed E-state index contributed by atoms with van der Waals surface area (Å²) in [5, 5.41) is 3.72. The van der Waals surface area contributed by atoms with Gasteiger partial charge in [0.25, 0.3) is 0 Å². The predicted molar refractivity (Wildman–Crippen MR) is 158 cm³/mol. The van der Waals surface area contributed by atoms with Crippen LogP contribution < -0.4 is 9.62 Å². The zero-order valence-electron chi connectivity index (χ0n) is 22.4. The normalized spacial score (nSPS) is 12.2. The van der Waals surface area contributed by atoms with Crippen molar-refractivity contribution in [2.45, 2.75) is 45.8 Å². The molecule has 3 aromatic rings. The van der Waals surface area contributed by atoms with Crippen LogP contribution in [0.5, 0.6) is 0 Å². The molecule has 0 fully saturated rings. The number of carbonyl (C=O) groups is 2. The highest BCUT2D eigenvalue weighted by molar-refractivity contribution is 7.92. The van der Waals surface area contributed by atoms with Crippen LogP contribution in [0, 0.1) is 6.92 Å². The van der Waals surface area contributed by atoms with Gasteiger partial charge in [0, 0.05) is 29.1 Å². The standard InChI is InChI=1S/C29H33Cl2N3O4S/c1-20(2)32-29(36)27(17-22-11-6-5-7-12-22)33(18-23-13-8-9-14-25(23)31)28(35)19-34(39(4,37)38)26-16-10-15-24(30)21(26)3/h5-16,20,27H,17-19H2,1-4H3,(H,32,36)/t27-/m1/s1. The molecule has 0 saturated heterocycles. The summed E-state index contributed by atoms with van der Waals surface area (Å²) in [6.45, 7) is 4.85. The van der Waals surface area contributed by atoms with Crippen molar-refractivity contribution in [1.29, 1.82) is 0 Å². The zero-order valence-corrected chi connectivity index (χ0v) is 24.7. The lowest BCUT2D eigenvalue weighted by atomic mass is 10.0. The molecule has 0 saturated carbocycles. The number of hydrogen-bond donors (Lipinski definition) is 1. The molecule has 1 atom stereocenters. The van der Waals surface area contributed by atoms with Crippen LogP contribution in [0.15, 0.2) is 72.8 Å². The average Bonchev–Trinajstić information content (AvgIpc) is 2.87. The van der Waals surface area contributed by atoms with Crippen LogP contribution in [0.4, 0.5) is 5.69 Å². The molecule has 0 heterocycles. The van der Waals surface area contributed by atoms with Gasteiger partial charge in [-0.15, -0.1) is 0 Å². The Bertz CT molecular complexity index is 1420. The van der Waals surface area contributed by atoms with Gasteiger partial charge in [-0.2, -0.15) is 0 Å². The lowest BCUT2D eigenvalue weighted by molar-refractivity contribution is -0.140. The van der Waals surface area contributed by atoms with E-state index in [0.29, 0.717) is 26.9 Å². The van der Waals surface area contributed by atoms with Gasteiger partial charge in [0.15, 0.2) is 0 Å².